The van der Waals surface area contributed by atoms with Gasteiger partial charge < -0.3 is 10.1 Å². The number of methoxy groups -OCH3 is 1. The molecular weight excluding hydrogens is 325 g/mol. The molecule has 2 aromatic heterocycles. The van der Waals surface area contributed by atoms with Gasteiger partial charge in [0, 0.05) is 18.5 Å². The molecule has 3 aromatic rings. The van der Waals surface area contributed by atoms with E-state index in [2.05, 4.69) is 16.5 Å². The van der Waals surface area contributed by atoms with E-state index in [1.54, 1.807) is 23.1 Å². The quantitative estimate of drug-likeness (QED) is 0.738. The maximum absolute atomic E-state index is 13.3. The van der Waals surface area contributed by atoms with Crippen LogP contribution in [-0.2, 0) is 13.6 Å². The molecule has 0 aliphatic rings. The summed E-state index contributed by atoms with van der Waals surface area (Å²) in [5.41, 5.74) is 2.99. The molecule has 6 heteroatoms. The molecule has 0 bridgehead atoms. The van der Waals surface area contributed by atoms with Crippen LogP contribution in [0.25, 0.3) is 0 Å². The van der Waals surface area contributed by atoms with E-state index >= 15 is 0 Å². The van der Waals surface area contributed by atoms with Crippen LogP contribution in [0.15, 0.2) is 41.8 Å². The number of aromatic nitrogens is 2. The molecule has 0 radical (unpaired) electrons. The van der Waals surface area contributed by atoms with Crippen molar-refractivity contribution in [2.75, 3.05) is 7.11 Å². The van der Waals surface area contributed by atoms with Crippen LogP contribution in [0.3, 0.4) is 0 Å². The van der Waals surface area contributed by atoms with Crippen molar-refractivity contribution in [2.24, 2.45) is 7.05 Å². The van der Waals surface area contributed by atoms with Crippen molar-refractivity contribution in [1.29, 1.82) is 0 Å². The average molecular weight is 345 g/mol. The second-order valence-corrected chi connectivity index (χ2v) is 6.56. The molecule has 1 aromatic carbocycles. The topological polar surface area (TPSA) is 39.1 Å². The van der Waals surface area contributed by atoms with Crippen molar-refractivity contribution in [2.45, 2.75) is 19.5 Å². The Morgan fingerprint density at radius 2 is 2.04 bits per heavy atom. The minimum Gasteiger partial charge on any atom is -0.481 e. The van der Waals surface area contributed by atoms with Gasteiger partial charge in [-0.2, -0.15) is 5.10 Å². The molecule has 1 N–H and O–H groups in total. The van der Waals surface area contributed by atoms with Crippen LogP contribution in [0.1, 0.15) is 27.7 Å². The molecule has 4 nitrogen and oxygen atoms in total. The Morgan fingerprint density at radius 3 is 2.67 bits per heavy atom. The van der Waals surface area contributed by atoms with Crippen LogP contribution >= 0.6 is 11.3 Å². The van der Waals surface area contributed by atoms with Gasteiger partial charge in [0.2, 0.25) is 5.88 Å². The van der Waals surface area contributed by atoms with Gasteiger partial charge in [0.05, 0.1) is 24.4 Å². The lowest BCUT2D eigenvalue weighted by Crippen LogP contribution is -2.21. The molecule has 126 valence electrons. The maximum atomic E-state index is 13.3. The van der Waals surface area contributed by atoms with Crippen LogP contribution < -0.4 is 10.1 Å². The van der Waals surface area contributed by atoms with Crippen molar-refractivity contribution in [3.63, 3.8) is 0 Å². The molecule has 0 aliphatic heterocycles. The Morgan fingerprint density at radius 1 is 1.29 bits per heavy atom. The van der Waals surface area contributed by atoms with Crippen molar-refractivity contribution in [3.05, 3.63) is 69.3 Å². The SMILES string of the molecule is COc1c(CN[C@H](c2ccc(F)cc2)c2cccs2)c(C)nn1C. The smallest absolute Gasteiger partial charge is 0.216 e. The summed E-state index contributed by atoms with van der Waals surface area (Å²) in [7, 11) is 3.52. The molecule has 0 unspecified atom stereocenters. The highest BCUT2D eigenvalue weighted by Gasteiger charge is 2.19. The van der Waals surface area contributed by atoms with Crippen molar-refractivity contribution in [1.82, 2.24) is 15.1 Å². The van der Waals surface area contributed by atoms with Crippen molar-refractivity contribution >= 4 is 11.3 Å². The number of nitrogens with zero attached hydrogens (tertiary/aromatic N) is 2. The average Bonchev–Trinajstić information content (AvgIpc) is 3.18. The molecular formula is C18H20FN3OS. The van der Waals surface area contributed by atoms with Crippen molar-refractivity contribution < 1.29 is 9.13 Å². The number of hydrogen-bond donors (Lipinski definition) is 1. The Balaban J connectivity index is 1.87. The standard InChI is InChI=1S/C18H20FN3OS/c1-12-15(18(23-3)22(2)21-12)11-20-17(16-5-4-10-24-16)13-6-8-14(19)9-7-13/h4-10,17,20H,11H2,1-3H3/t17-/m1/s1. The second kappa shape index (κ2) is 7.15. The second-order valence-electron chi connectivity index (χ2n) is 5.58. The van der Waals surface area contributed by atoms with Gasteiger partial charge in [-0.3, -0.25) is 0 Å². The van der Waals surface area contributed by atoms with E-state index in [1.807, 2.05) is 37.6 Å². The normalized spacial score (nSPS) is 12.3. The summed E-state index contributed by atoms with van der Waals surface area (Å²) in [6.07, 6.45) is 0. The number of halogens is 1. The molecule has 0 fully saturated rings. The number of hydrogen-bond acceptors (Lipinski definition) is 4. The number of thiophene rings is 1. The van der Waals surface area contributed by atoms with Gasteiger partial charge in [0.15, 0.2) is 0 Å². The van der Waals surface area contributed by atoms with Gasteiger partial charge in [0.1, 0.15) is 5.82 Å². The van der Waals surface area contributed by atoms with E-state index in [9.17, 15) is 4.39 Å². The number of ether oxygens (including phenoxy) is 1. The number of rotatable bonds is 6. The highest BCUT2D eigenvalue weighted by Crippen LogP contribution is 2.28. The summed E-state index contributed by atoms with van der Waals surface area (Å²) in [5, 5.41) is 10.0. The first-order valence-corrected chi connectivity index (χ1v) is 8.57. The maximum Gasteiger partial charge on any atom is 0.216 e. The minimum absolute atomic E-state index is 0.00471. The molecule has 0 aliphatic carbocycles. The number of nitrogens with one attached hydrogen (secondary N) is 1. The summed E-state index contributed by atoms with van der Waals surface area (Å²) in [6.45, 7) is 2.58. The predicted octanol–water partition coefficient (Wildman–Crippen LogP) is 3.82. The van der Waals surface area contributed by atoms with E-state index in [4.69, 9.17) is 4.74 Å². The number of aryl methyl sites for hydroxylation is 2. The van der Waals surface area contributed by atoms with Crippen molar-refractivity contribution in [3.8, 4) is 5.88 Å². The van der Waals surface area contributed by atoms with Crippen LogP contribution in [0.5, 0.6) is 5.88 Å². The third kappa shape index (κ3) is 3.34. The van der Waals surface area contributed by atoms with Gasteiger partial charge >= 0.3 is 0 Å². The highest BCUT2D eigenvalue weighted by molar-refractivity contribution is 7.10. The first-order valence-electron chi connectivity index (χ1n) is 7.69. The first-order chi connectivity index (χ1) is 11.6. The summed E-state index contributed by atoms with van der Waals surface area (Å²) in [5.74, 6) is 0.525. The predicted molar refractivity (Wildman–Crippen MR) is 93.9 cm³/mol. The summed E-state index contributed by atoms with van der Waals surface area (Å²) in [6, 6.07) is 10.7. The number of benzene rings is 1. The Bertz CT molecular complexity index is 797. The molecule has 0 saturated heterocycles. The summed E-state index contributed by atoms with van der Waals surface area (Å²) in [4.78, 5) is 1.18. The van der Waals surface area contributed by atoms with E-state index in [1.165, 1.54) is 17.0 Å². The zero-order chi connectivity index (χ0) is 17.1. The van der Waals surface area contributed by atoms with Gasteiger partial charge in [-0.1, -0.05) is 18.2 Å². The molecule has 24 heavy (non-hydrogen) atoms. The zero-order valence-electron chi connectivity index (χ0n) is 13.9. The summed E-state index contributed by atoms with van der Waals surface area (Å²) < 4.78 is 20.4. The van der Waals surface area contributed by atoms with Crippen LogP contribution in [0, 0.1) is 12.7 Å². The zero-order valence-corrected chi connectivity index (χ0v) is 14.7. The van der Waals surface area contributed by atoms with E-state index in [-0.39, 0.29) is 11.9 Å². The lowest BCUT2D eigenvalue weighted by molar-refractivity contribution is 0.367. The fraction of sp³-hybridized carbons (Fsp3) is 0.278. The lowest BCUT2D eigenvalue weighted by Gasteiger charge is -2.18. The van der Waals surface area contributed by atoms with E-state index < -0.39 is 0 Å². The Hall–Kier alpha value is -2.18. The van der Waals surface area contributed by atoms with Gasteiger partial charge in [-0.15, -0.1) is 11.3 Å². The van der Waals surface area contributed by atoms with Gasteiger partial charge in [-0.05, 0) is 36.1 Å². The monoisotopic (exact) mass is 345 g/mol. The molecule has 3 rings (SSSR count). The highest BCUT2D eigenvalue weighted by atomic mass is 32.1. The fourth-order valence-corrected chi connectivity index (χ4v) is 3.66. The molecule has 0 spiro atoms. The Labute approximate surface area is 144 Å². The minimum atomic E-state index is -0.228. The summed E-state index contributed by atoms with van der Waals surface area (Å²) >= 11 is 1.68. The van der Waals surface area contributed by atoms with Crippen LogP contribution in [-0.4, -0.2) is 16.9 Å². The third-order valence-electron chi connectivity index (χ3n) is 4.00. The van der Waals surface area contributed by atoms with Crippen LogP contribution in [0.2, 0.25) is 0 Å². The molecule has 0 amide bonds. The van der Waals surface area contributed by atoms with E-state index in [0.717, 1.165) is 22.7 Å². The van der Waals surface area contributed by atoms with E-state index in [0.29, 0.717) is 6.54 Å². The Kier molecular flexibility index (Phi) is 4.97. The van der Waals surface area contributed by atoms with Gasteiger partial charge in [-0.25, -0.2) is 9.07 Å². The third-order valence-corrected chi connectivity index (χ3v) is 4.93. The molecule has 2 heterocycles. The van der Waals surface area contributed by atoms with Crippen LogP contribution in [0.4, 0.5) is 4.39 Å². The molecule has 0 saturated carbocycles. The lowest BCUT2D eigenvalue weighted by atomic mass is 10.0. The molecule has 1 atom stereocenters. The van der Waals surface area contributed by atoms with Gasteiger partial charge in [0.25, 0.3) is 0 Å². The first kappa shape index (κ1) is 16.7. The largest absolute Gasteiger partial charge is 0.481 e. The fourth-order valence-electron chi connectivity index (χ4n) is 2.84.